The standard InChI is InChI=1S/C23H20N2O4.ClH/c26-21-10-8-17(25-11-4-12-25)14-19(21)22(27)24-20-13-16(7-9-18(20)23(28)29)15-5-2-1-3-6-15;/h1-3,5-10,13-14,26H,4,11-12H2,(H,24,27)(H,28,29);1H. The molecule has 0 aliphatic carbocycles. The number of benzene rings is 3. The smallest absolute Gasteiger partial charge is 0.337 e. The minimum atomic E-state index is -1.14. The van der Waals surface area contributed by atoms with Crippen LogP contribution in [0.15, 0.2) is 66.7 Å². The highest BCUT2D eigenvalue weighted by atomic mass is 35.5. The second-order valence-corrected chi connectivity index (χ2v) is 6.93. The quantitative estimate of drug-likeness (QED) is 0.555. The first kappa shape index (κ1) is 21.2. The van der Waals surface area contributed by atoms with Crippen molar-refractivity contribution in [3.8, 4) is 16.9 Å². The Hall–Kier alpha value is -3.51. The number of carbonyl (C=O) groups excluding carboxylic acids is 1. The van der Waals surface area contributed by atoms with Gasteiger partial charge in [0.05, 0.1) is 16.8 Å². The van der Waals surface area contributed by atoms with Crippen LogP contribution in [0.3, 0.4) is 0 Å². The number of rotatable bonds is 5. The maximum absolute atomic E-state index is 12.9. The van der Waals surface area contributed by atoms with Crippen LogP contribution in [0.1, 0.15) is 27.1 Å². The summed E-state index contributed by atoms with van der Waals surface area (Å²) in [6.07, 6.45) is 1.09. The van der Waals surface area contributed by atoms with Gasteiger partial charge in [0.2, 0.25) is 0 Å². The van der Waals surface area contributed by atoms with E-state index in [4.69, 9.17) is 0 Å². The molecule has 1 aliphatic rings. The van der Waals surface area contributed by atoms with Gasteiger partial charge in [-0.05, 0) is 47.9 Å². The van der Waals surface area contributed by atoms with Gasteiger partial charge in [0.15, 0.2) is 0 Å². The van der Waals surface area contributed by atoms with E-state index in [0.717, 1.165) is 36.3 Å². The fraction of sp³-hybridized carbons (Fsp3) is 0.130. The van der Waals surface area contributed by atoms with Gasteiger partial charge in [-0.1, -0.05) is 36.4 Å². The number of anilines is 2. The fourth-order valence-corrected chi connectivity index (χ4v) is 3.31. The highest BCUT2D eigenvalue weighted by Crippen LogP contribution is 2.30. The normalized spacial score (nSPS) is 12.5. The predicted octanol–water partition coefficient (Wildman–Crippen LogP) is 4.64. The van der Waals surface area contributed by atoms with Gasteiger partial charge in [0, 0.05) is 18.8 Å². The Morgan fingerprint density at radius 1 is 0.867 bits per heavy atom. The molecule has 7 heteroatoms. The van der Waals surface area contributed by atoms with E-state index in [1.165, 1.54) is 12.1 Å². The Morgan fingerprint density at radius 3 is 2.23 bits per heavy atom. The van der Waals surface area contributed by atoms with Crippen LogP contribution in [0, 0.1) is 0 Å². The molecule has 3 aromatic rings. The maximum atomic E-state index is 12.9. The van der Waals surface area contributed by atoms with Crippen molar-refractivity contribution in [2.45, 2.75) is 6.42 Å². The molecule has 6 nitrogen and oxygen atoms in total. The van der Waals surface area contributed by atoms with Gasteiger partial charge >= 0.3 is 5.97 Å². The number of halogens is 1. The third-order valence-electron chi connectivity index (χ3n) is 5.05. The van der Waals surface area contributed by atoms with Gasteiger partial charge in [-0.15, -0.1) is 12.4 Å². The first-order valence-corrected chi connectivity index (χ1v) is 9.35. The molecule has 0 atom stereocenters. The first-order valence-electron chi connectivity index (χ1n) is 9.35. The van der Waals surface area contributed by atoms with Crippen molar-refractivity contribution < 1.29 is 19.8 Å². The number of phenols is 1. The Labute approximate surface area is 180 Å². The Bertz CT molecular complexity index is 1080. The van der Waals surface area contributed by atoms with Crippen LogP contribution in [0.5, 0.6) is 5.75 Å². The lowest BCUT2D eigenvalue weighted by Gasteiger charge is -2.33. The largest absolute Gasteiger partial charge is 0.507 e. The van der Waals surface area contributed by atoms with Crippen LogP contribution in [0.4, 0.5) is 11.4 Å². The summed E-state index contributed by atoms with van der Waals surface area (Å²) in [7, 11) is 0. The van der Waals surface area contributed by atoms with Gasteiger partial charge in [-0.3, -0.25) is 4.79 Å². The number of carboxylic acids is 1. The molecule has 154 valence electrons. The van der Waals surface area contributed by atoms with Gasteiger partial charge in [0.25, 0.3) is 5.91 Å². The minimum absolute atomic E-state index is 0. The summed E-state index contributed by atoms with van der Waals surface area (Å²) in [5.74, 6) is -1.85. The number of carbonyl (C=O) groups is 2. The van der Waals surface area contributed by atoms with E-state index in [9.17, 15) is 19.8 Å². The highest BCUT2D eigenvalue weighted by molar-refractivity contribution is 6.10. The molecule has 0 radical (unpaired) electrons. The van der Waals surface area contributed by atoms with Gasteiger partial charge in [-0.2, -0.15) is 0 Å². The zero-order chi connectivity index (χ0) is 20.4. The van der Waals surface area contributed by atoms with E-state index in [1.807, 2.05) is 30.3 Å². The molecule has 30 heavy (non-hydrogen) atoms. The van der Waals surface area contributed by atoms with E-state index < -0.39 is 11.9 Å². The van der Waals surface area contributed by atoms with Crippen LogP contribution in [-0.2, 0) is 0 Å². The van der Waals surface area contributed by atoms with E-state index in [2.05, 4.69) is 10.2 Å². The highest BCUT2D eigenvalue weighted by Gasteiger charge is 2.20. The molecule has 1 fully saturated rings. The molecule has 3 N–H and O–H groups in total. The minimum Gasteiger partial charge on any atom is -0.507 e. The summed E-state index contributed by atoms with van der Waals surface area (Å²) in [5, 5.41) is 22.3. The summed E-state index contributed by atoms with van der Waals surface area (Å²) < 4.78 is 0. The second-order valence-electron chi connectivity index (χ2n) is 6.93. The maximum Gasteiger partial charge on any atom is 0.337 e. The summed E-state index contributed by atoms with van der Waals surface area (Å²) in [4.78, 5) is 26.6. The molecule has 3 aromatic carbocycles. The van der Waals surface area contributed by atoms with E-state index in [0.29, 0.717) is 0 Å². The predicted molar refractivity (Wildman–Crippen MR) is 119 cm³/mol. The summed E-state index contributed by atoms with van der Waals surface area (Å²) in [5.41, 5.74) is 2.81. The molecule has 4 rings (SSSR count). The van der Waals surface area contributed by atoms with Crippen molar-refractivity contribution in [1.82, 2.24) is 0 Å². The first-order chi connectivity index (χ1) is 14.0. The number of nitrogens with zero attached hydrogens (tertiary/aromatic N) is 1. The van der Waals surface area contributed by atoms with E-state index in [-0.39, 0.29) is 35.0 Å². The molecule has 1 amide bonds. The number of amides is 1. The molecular weight excluding hydrogens is 404 g/mol. The lowest BCUT2D eigenvalue weighted by molar-refractivity contribution is 0.0698. The van der Waals surface area contributed by atoms with Crippen molar-refractivity contribution in [2.24, 2.45) is 0 Å². The third kappa shape index (κ3) is 4.23. The zero-order valence-electron chi connectivity index (χ0n) is 16.0. The molecule has 0 saturated carbocycles. The lowest BCUT2D eigenvalue weighted by Crippen LogP contribution is -2.37. The molecule has 1 heterocycles. The van der Waals surface area contributed by atoms with Crippen molar-refractivity contribution in [3.63, 3.8) is 0 Å². The van der Waals surface area contributed by atoms with Crippen LogP contribution in [-0.4, -0.2) is 35.2 Å². The second kappa shape index (κ2) is 8.88. The van der Waals surface area contributed by atoms with Crippen LogP contribution < -0.4 is 10.2 Å². The van der Waals surface area contributed by atoms with Crippen LogP contribution in [0.25, 0.3) is 11.1 Å². The third-order valence-corrected chi connectivity index (χ3v) is 5.05. The van der Waals surface area contributed by atoms with Gasteiger partial charge in [-0.25, -0.2) is 4.79 Å². The Balaban J connectivity index is 0.00000256. The number of aromatic carboxylic acids is 1. The lowest BCUT2D eigenvalue weighted by atomic mass is 10.0. The number of nitrogens with one attached hydrogen (secondary N) is 1. The van der Waals surface area contributed by atoms with Crippen molar-refractivity contribution in [1.29, 1.82) is 0 Å². The van der Waals surface area contributed by atoms with Crippen molar-refractivity contribution in [2.75, 3.05) is 23.3 Å². The van der Waals surface area contributed by atoms with Gasteiger partial charge < -0.3 is 20.4 Å². The average Bonchev–Trinajstić information content (AvgIpc) is 2.68. The monoisotopic (exact) mass is 424 g/mol. The Morgan fingerprint density at radius 2 is 1.60 bits per heavy atom. The molecule has 1 saturated heterocycles. The number of hydrogen-bond acceptors (Lipinski definition) is 4. The zero-order valence-corrected chi connectivity index (χ0v) is 16.9. The number of carboxylic acid groups (broad SMARTS) is 1. The van der Waals surface area contributed by atoms with Crippen molar-refractivity contribution >= 4 is 35.7 Å². The number of hydrogen-bond donors (Lipinski definition) is 3. The summed E-state index contributed by atoms with van der Waals surface area (Å²) >= 11 is 0. The SMILES string of the molecule is Cl.O=C(Nc1cc(-c2ccccc2)ccc1C(=O)O)c1cc(N2CCC2)ccc1O. The molecule has 0 unspecified atom stereocenters. The summed E-state index contributed by atoms with van der Waals surface area (Å²) in [6.45, 7) is 1.82. The Kier molecular flexibility index (Phi) is 6.28. The molecule has 0 aromatic heterocycles. The van der Waals surface area contributed by atoms with Crippen LogP contribution in [0.2, 0.25) is 0 Å². The molecule has 0 spiro atoms. The number of phenolic OH excluding ortho intramolecular Hbond substituents is 1. The molecular formula is C23H21ClN2O4. The number of aromatic hydroxyl groups is 1. The van der Waals surface area contributed by atoms with Gasteiger partial charge in [0.1, 0.15) is 5.75 Å². The average molecular weight is 425 g/mol. The molecule has 0 bridgehead atoms. The van der Waals surface area contributed by atoms with Crippen molar-refractivity contribution in [3.05, 3.63) is 77.9 Å². The topological polar surface area (TPSA) is 89.9 Å². The van der Waals surface area contributed by atoms with Crippen LogP contribution >= 0.6 is 12.4 Å². The van der Waals surface area contributed by atoms with E-state index in [1.54, 1.807) is 24.3 Å². The van der Waals surface area contributed by atoms with E-state index >= 15 is 0 Å². The summed E-state index contributed by atoms with van der Waals surface area (Å²) in [6, 6.07) is 19.2. The molecule has 1 aliphatic heterocycles. The fourth-order valence-electron chi connectivity index (χ4n) is 3.31.